The molecule has 3 rings (SSSR count). The quantitative estimate of drug-likeness (QED) is 0.778. The van der Waals surface area contributed by atoms with Gasteiger partial charge in [-0.3, -0.25) is 0 Å². The predicted octanol–water partition coefficient (Wildman–Crippen LogP) is 2.60. The number of fused-ring (bicyclic) bond motifs is 1. The van der Waals surface area contributed by atoms with E-state index in [2.05, 4.69) is 14.7 Å². The Morgan fingerprint density at radius 1 is 1.14 bits per heavy atom. The lowest BCUT2D eigenvalue weighted by atomic mass is 10.1. The third kappa shape index (κ3) is 2.81. The lowest BCUT2D eigenvalue weighted by Crippen LogP contribution is -2.27. The molecule has 0 fully saturated rings. The van der Waals surface area contributed by atoms with Gasteiger partial charge in [-0.1, -0.05) is 30.3 Å². The molecule has 5 nitrogen and oxygen atoms in total. The Morgan fingerprint density at radius 3 is 2.62 bits per heavy atom. The smallest absolute Gasteiger partial charge is 0.241 e. The van der Waals surface area contributed by atoms with Crippen molar-refractivity contribution in [2.75, 3.05) is 0 Å². The van der Waals surface area contributed by atoms with E-state index in [0.29, 0.717) is 5.82 Å². The van der Waals surface area contributed by atoms with Crippen LogP contribution in [0.1, 0.15) is 18.8 Å². The van der Waals surface area contributed by atoms with Gasteiger partial charge in [0.1, 0.15) is 5.82 Å². The standard InChI is InChI=1S/C15H15N3O2S/c1-11(15-16-8-9-17-15)18-21(19,20)14-7-6-12-4-2-3-5-13(12)10-14/h2-11,18H,1H3,(H,16,17). The zero-order valence-electron chi connectivity index (χ0n) is 11.4. The molecule has 2 N–H and O–H groups in total. The van der Waals surface area contributed by atoms with Crippen LogP contribution in [0.15, 0.2) is 59.8 Å². The van der Waals surface area contributed by atoms with Crippen molar-refractivity contribution in [1.29, 1.82) is 0 Å². The molecule has 1 heterocycles. The molecule has 0 aliphatic heterocycles. The number of aromatic nitrogens is 2. The van der Waals surface area contributed by atoms with Crippen molar-refractivity contribution in [3.63, 3.8) is 0 Å². The summed E-state index contributed by atoms with van der Waals surface area (Å²) in [6.45, 7) is 1.75. The molecule has 0 spiro atoms. The van der Waals surface area contributed by atoms with Crippen LogP contribution in [0.4, 0.5) is 0 Å². The molecule has 0 saturated carbocycles. The minimum absolute atomic E-state index is 0.250. The number of nitrogens with zero attached hydrogens (tertiary/aromatic N) is 1. The number of aromatic amines is 1. The van der Waals surface area contributed by atoms with Gasteiger partial charge in [0.15, 0.2) is 0 Å². The molecule has 1 atom stereocenters. The van der Waals surface area contributed by atoms with Crippen LogP contribution in [-0.4, -0.2) is 18.4 Å². The van der Waals surface area contributed by atoms with Crippen molar-refractivity contribution in [3.8, 4) is 0 Å². The molecule has 0 aliphatic rings. The second-order valence-electron chi connectivity index (χ2n) is 4.83. The number of hydrogen-bond donors (Lipinski definition) is 2. The van der Waals surface area contributed by atoms with E-state index in [9.17, 15) is 8.42 Å². The molecule has 0 bridgehead atoms. The third-order valence-corrected chi connectivity index (χ3v) is 4.83. The van der Waals surface area contributed by atoms with Crippen molar-refractivity contribution in [3.05, 3.63) is 60.7 Å². The summed E-state index contributed by atoms with van der Waals surface area (Å²) in [7, 11) is -3.59. The fraction of sp³-hybridized carbons (Fsp3) is 0.133. The SMILES string of the molecule is CC(NS(=O)(=O)c1ccc2ccccc2c1)c1ncc[nH]1. The molecule has 0 aliphatic carbocycles. The van der Waals surface area contributed by atoms with Gasteiger partial charge in [-0.2, -0.15) is 0 Å². The fourth-order valence-corrected chi connectivity index (χ4v) is 3.45. The molecule has 0 saturated heterocycles. The van der Waals surface area contributed by atoms with Crippen molar-refractivity contribution >= 4 is 20.8 Å². The summed E-state index contributed by atoms with van der Waals surface area (Å²) in [6, 6.07) is 12.3. The zero-order chi connectivity index (χ0) is 14.9. The van der Waals surface area contributed by atoms with E-state index >= 15 is 0 Å². The average Bonchev–Trinajstić information content (AvgIpc) is 3.00. The van der Waals surface area contributed by atoms with Crippen LogP contribution in [-0.2, 0) is 10.0 Å². The highest BCUT2D eigenvalue weighted by atomic mass is 32.2. The molecule has 1 aromatic heterocycles. The van der Waals surface area contributed by atoms with E-state index in [1.54, 1.807) is 37.5 Å². The van der Waals surface area contributed by atoms with Crippen LogP contribution in [0.25, 0.3) is 10.8 Å². The summed E-state index contributed by atoms with van der Waals surface area (Å²) in [6.07, 6.45) is 3.26. The van der Waals surface area contributed by atoms with Gasteiger partial charge < -0.3 is 4.98 Å². The first kappa shape index (κ1) is 13.8. The van der Waals surface area contributed by atoms with Gasteiger partial charge in [-0.15, -0.1) is 0 Å². The molecule has 108 valence electrons. The lowest BCUT2D eigenvalue weighted by molar-refractivity contribution is 0.561. The van der Waals surface area contributed by atoms with Crippen LogP contribution < -0.4 is 4.72 Å². The maximum atomic E-state index is 12.4. The minimum atomic E-state index is -3.59. The molecule has 0 radical (unpaired) electrons. The highest BCUT2D eigenvalue weighted by Crippen LogP contribution is 2.20. The van der Waals surface area contributed by atoms with Gasteiger partial charge in [0.25, 0.3) is 0 Å². The number of sulfonamides is 1. The van der Waals surface area contributed by atoms with Crippen LogP contribution in [0.2, 0.25) is 0 Å². The Balaban J connectivity index is 1.92. The predicted molar refractivity (Wildman–Crippen MR) is 81.3 cm³/mol. The summed E-state index contributed by atoms with van der Waals surface area (Å²) in [5.41, 5.74) is 0. The molecule has 0 amide bonds. The van der Waals surface area contributed by atoms with Gasteiger partial charge in [-0.25, -0.2) is 18.1 Å². The van der Waals surface area contributed by atoms with Crippen molar-refractivity contribution in [1.82, 2.24) is 14.7 Å². The number of benzene rings is 2. The molecule has 3 aromatic rings. The Bertz CT molecular complexity index is 858. The molecular weight excluding hydrogens is 286 g/mol. The first-order valence-corrected chi connectivity index (χ1v) is 8.05. The molecular formula is C15H15N3O2S. The van der Waals surface area contributed by atoms with Gasteiger partial charge >= 0.3 is 0 Å². The monoisotopic (exact) mass is 301 g/mol. The van der Waals surface area contributed by atoms with Gasteiger partial charge in [0.05, 0.1) is 10.9 Å². The highest BCUT2D eigenvalue weighted by molar-refractivity contribution is 7.89. The van der Waals surface area contributed by atoms with Gasteiger partial charge in [0, 0.05) is 12.4 Å². The summed E-state index contributed by atoms with van der Waals surface area (Å²) in [5, 5.41) is 1.90. The minimum Gasteiger partial charge on any atom is -0.347 e. The Morgan fingerprint density at radius 2 is 1.90 bits per heavy atom. The van der Waals surface area contributed by atoms with Crippen LogP contribution in [0.5, 0.6) is 0 Å². The first-order valence-electron chi connectivity index (χ1n) is 6.57. The second-order valence-corrected chi connectivity index (χ2v) is 6.54. The molecule has 1 unspecified atom stereocenters. The highest BCUT2D eigenvalue weighted by Gasteiger charge is 2.19. The number of nitrogens with one attached hydrogen (secondary N) is 2. The van der Waals surface area contributed by atoms with E-state index in [1.165, 1.54) is 0 Å². The summed E-state index contributed by atoms with van der Waals surface area (Å²) in [5.74, 6) is 0.583. The van der Waals surface area contributed by atoms with Crippen LogP contribution >= 0.6 is 0 Å². The fourth-order valence-electron chi connectivity index (χ4n) is 2.21. The van der Waals surface area contributed by atoms with E-state index < -0.39 is 16.1 Å². The maximum Gasteiger partial charge on any atom is 0.241 e. The summed E-state index contributed by atoms with van der Waals surface area (Å²) < 4.78 is 27.5. The van der Waals surface area contributed by atoms with Crippen LogP contribution in [0, 0.1) is 0 Å². The van der Waals surface area contributed by atoms with E-state index in [4.69, 9.17) is 0 Å². The van der Waals surface area contributed by atoms with E-state index in [0.717, 1.165) is 10.8 Å². The van der Waals surface area contributed by atoms with Gasteiger partial charge in [-0.05, 0) is 29.8 Å². The first-order chi connectivity index (χ1) is 10.1. The normalized spacial score (nSPS) is 13.4. The summed E-state index contributed by atoms with van der Waals surface area (Å²) >= 11 is 0. The number of rotatable bonds is 4. The number of H-pyrrole nitrogens is 1. The van der Waals surface area contributed by atoms with Crippen LogP contribution in [0.3, 0.4) is 0 Å². The number of imidazole rings is 1. The molecule has 6 heteroatoms. The van der Waals surface area contributed by atoms with E-state index in [1.807, 2.05) is 24.3 Å². The third-order valence-electron chi connectivity index (χ3n) is 3.29. The Kier molecular flexibility index (Phi) is 3.48. The van der Waals surface area contributed by atoms with Crippen molar-refractivity contribution < 1.29 is 8.42 Å². The molecule has 21 heavy (non-hydrogen) atoms. The summed E-state index contributed by atoms with van der Waals surface area (Å²) in [4.78, 5) is 7.21. The second kappa shape index (κ2) is 5.31. The van der Waals surface area contributed by atoms with E-state index in [-0.39, 0.29) is 4.90 Å². The lowest BCUT2D eigenvalue weighted by Gasteiger charge is -2.12. The number of hydrogen-bond acceptors (Lipinski definition) is 3. The van der Waals surface area contributed by atoms with Crippen molar-refractivity contribution in [2.24, 2.45) is 0 Å². The average molecular weight is 301 g/mol. The Hall–Kier alpha value is -2.18. The molecule has 2 aromatic carbocycles. The topological polar surface area (TPSA) is 74.8 Å². The maximum absolute atomic E-state index is 12.4. The van der Waals surface area contributed by atoms with Gasteiger partial charge in [0.2, 0.25) is 10.0 Å². The van der Waals surface area contributed by atoms with Crippen molar-refractivity contribution in [2.45, 2.75) is 17.9 Å². The zero-order valence-corrected chi connectivity index (χ0v) is 12.3. The Labute approximate surface area is 123 Å². The largest absolute Gasteiger partial charge is 0.347 e.